The Kier molecular flexibility index (Phi) is 4.15. The minimum Gasteiger partial charge on any atom is -0.361 e. The molecule has 3 rings (SSSR count). The van der Waals surface area contributed by atoms with Gasteiger partial charge in [0.05, 0.1) is 4.92 Å². The number of rotatable bonds is 5. The molecule has 0 amide bonds. The van der Waals surface area contributed by atoms with Crippen LogP contribution in [0.5, 0.6) is 0 Å². The summed E-state index contributed by atoms with van der Waals surface area (Å²) < 4.78 is 0. The fourth-order valence-electron chi connectivity index (χ4n) is 3.14. The van der Waals surface area contributed by atoms with E-state index in [0.29, 0.717) is 0 Å². The summed E-state index contributed by atoms with van der Waals surface area (Å²) >= 11 is 0. The summed E-state index contributed by atoms with van der Waals surface area (Å²) in [5.74, 6) is 0. The van der Waals surface area contributed by atoms with Crippen LogP contribution in [0.2, 0.25) is 0 Å². The zero-order valence-electron chi connectivity index (χ0n) is 13.4. The highest BCUT2D eigenvalue weighted by molar-refractivity contribution is 5.83. The molecule has 0 atom stereocenters. The van der Waals surface area contributed by atoms with Gasteiger partial charge in [-0.1, -0.05) is 24.3 Å². The van der Waals surface area contributed by atoms with Crippen molar-refractivity contribution in [2.75, 3.05) is 0 Å². The number of aromatic amines is 1. The van der Waals surface area contributed by atoms with Gasteiger partial charge < -0.3 is 4.98 Å². The summed E-state index contributed by atoms with van der Waals surface area (Å²) in [5.41, 5.74) is 5.73. The molecule has 0 aliphatic carbocycles. The maximum absolute atomic E-state index is 11.0. The van der Waals surface area contributed by atoms with E-state index in [4.69, 9.17) is 0 Å². The molecule has 4 nitrogen and oxygen atoms in total. The molecule has 23 heavy (non-hydrogen) atoms. The molecule has 0 unspecified atom stereocenters. The van der Waals surface area contributed by atoms with Gasteiger partial charge in [-0.2, -0.15) is 0 Å². The smallest absolute Gasteiger partial charge is 0.272 e. The first-order valence-electron chi connectivity index (χ1n) is 7.86. The molecule has 1 heterocycles. The van der Waals surface area contributed by atoms with Crippen LogP contribution in [0.25, 0.3) is 10.9 Å². The van der Waals surface area contributed by atoms with Crippen molar-refractivity contribution in [2.45, 2.75) is 33.1 Å². The molecular formula is C19H20N2O2. The van der Waals surface area contributed by atoms with Crippen molar-refractivity contribution in [3.8, 4) is 0 Å². The van der Waals surface area contributed by atoms with Gasteiger partial charge in [0.15, 0.2) is 0 Å². The van der Waals surface area contributed by atoms with E-state index in [1.165, 1.54) is 22.0 Å². The first kappa shape index (κ1) is 15.3. The second kappa shape index (κ2) is 6.24. The highest BCUT2D eigenvalue weighted by atomic mass is 16.6. The number of para-hydroxylation sites is 1. The summed E-state index contributed by atoms with van der Waals surface area (Å²) in [6.45, 7) is 3.81. The number of benzene rings is 2. The van der Waals surface area contributed by atoms with Crippen LogP contribution < -0.4 is 0 Å². The molecule has 0 fully saturated rings. The Bertz CT molecular complexity index is 865. The van der Waals surface area contributed by atoms with E-state index in [1.54, 1.807) is 6.07 Å². The van der Waals surface area contributed by atoms with E-state index in [9.17, 15) is 10.1 Å². The van der Waals surface area contributed by atoms with Crippen LogP contribution in [0.1, 0.15) is 28.7 Å². The Morgan fingerprint density at radius 2 is 1.74 bits per heavy atom. The largest absolute Gasteiger partial charge is 0.361 e. The average Bonchev–Trinajstić information content (AvgIpc) is 2.94. The van der Waals surface area contributed by atoms with Crippen LogP contribution in [-0.4, -0.2) is 9.91 Å². The van der Waals surface area contributed by atoms with E-state index in [-0.39, 0.29) is 10.6 Å². The Hall–Kier alpha value is -2.62. The number of nitro benzene ring substituents is 1. The van der Waals surface area contributed by atoms with E-state index in [1.807, 2.05) is 26.0 Å². The quantitative estimate of drug-likeness (QED) is 0.540. The Morgan fingerprint density at radius 1 is 1.00 bits per heavy atom. The fraction of sp³-hybridized carbons (Fsp3) is 0.263. The fourth-order valence-corrected chi connectivity index (χ4v) is 3.14. The lowest BCUT2D eigenvalue weighted by Gasteiger charge is -2.09. The first-order valence-corrected chi connectivity index (χ1v) is 7.86. The van der Waals surface area contributed by atoms with Gasteiger partial charge in [-0.15, -0.1) is 0 Å². The Labute approximate surface area is 135 Å². The number of aromatic nitrogens is 1. The molecule has 0 saturated heterocycles. The van der Waals surface area contributed by atoms with Crippen LogP contribution >= 0.6 is 0 Å². The number of hydrogen-bond donors (Lipinski definition) is 1. The van der Waals surface area contributed by atoms with Crippen molar-refractivity contribution < 1.29 is 4.92 Å². The minimum atomic E-state index is -0.307. The molecule has 0 saturated carbocycles. The predicted molar refractivity (Wildman–Crippen MR) is 92.9 cm³/mol. The number of nitrogens with zero attached hydrogens (tertiary/aromatic N) is 1. The molecule has 118 valence electrons. The van der Waals surface area contributed by atoms with Gasteiger partial charge in [-0.05, 0) is 55.9 Å². The van der Waals surface area contributed by atoms with Crippen molar-refractivity contribution in [1.82, 2.24) is 4.98 Å². The Balaban J connectivity index is 1.72. The summed E-state index contributed by atoms with van der Waals surface area (Å²) in [6, 6.07) is 11.8. The van der Waals surface area contributed by atoms with Crippen molar-refractivity contribution in [1.29, 1.82) is 0 Å². The Morgan fingerprint density at radius 3 is 2.52 bits per heavy atom. The normalized spacial score (nSPS) is 11.0. The lowest BCUT2D eigenvalue weighted by Crippen LogP contribution is -1.99. The van der Waals surface area contributed by atoms with Crippen LogP contribution in [0, 0.1) is 24.0 Å². The zero-order valence-corrected chi connectivity index (χ0v) is 13.4. The van der Waals surface area contributed by atoms with Gasteiger partial charge in [0.25, 0.3) is 5.69 Å². The number of nitro groups is 1. The highest BCUT2D eigenvalue weighted by Crippen LogP contribution is 2.25. The summed E-state index contributed by atoms with van der Waals surface area (Å²) in [5, 5.41) is 12.3. The molecule has 0 aliphatic rings. The third kappa shape index (κ3) is 2.97. The molecule has 0 radical (unpaired) electrons. The van der Waals surface area contributed by atoms with Gasteiger partial charge in [0.2, 0.25) is 0 Å². The molecule has 2 aromatic carbocycles. The molecule has 1 aromatic heterocycles. The van der Waals surface area contributed by atoms with Gasteiger partial charge >= 0.3 is 0 Å². The topological polar surface area (TPSA) is 58.9 Å². The number of nitrogens with one attached hydrogen (secondary N) is 1. The number of H-pyrrole nitrogens is 1. The minimum absolute atomic E-state index is 0.211. The molecule has 0 aliphatic heterocycles. The SMILES string of the molecule is Cc1c(CCCc2c[nH]c3ccccc23)ccc([N+](=O)[O-])c1C. The predicted octanol–water partition coefficient (Wildman–Crippen LogP) is 4.87. The van der Waals surface area contributed by atoms with Gasteiger partial charge in [0, 0.05) is 28.7 Å². The molecular weight excluding hydrogens is 288 g/mol. The van der Waals surface area contributed by atoms with Gasteiger partial charge in [0.1, 0.15) is 0 Å². The van der Waals surface area contributed by atoms with E-state index in [2.05, 4.69) is 29.4 Å². The van der Waals surface area contributed by atoms with E-state index < -0.39 is 0 Å². The maximum Gasteiger partial charge on any atom is 0.272 e. The van der Waals surface area contributed by atoms with Crippen molar-refractivity contribution in [2.24, 2.45) is 0 Å². The second-order valence-electron chi connectivity index (χ2n) is 5.96. The van der Waals surface area contributed by atoms with E-state index in [0.717, 1.165) is 30.4 Å². The van der Waals surface area contributed by atoms with Crippen molar-refractivity contribution in [3.05, 3.63) is 75.0 Å². The molecule has 4 heteroatoms. The highest BCUT2D eigenvalue weighted by Gasteiger charge is 2.14. The number of aryl methyl sites for hydroxylation is 2. The number of fused-ring (bicyclic) bond motifs is 1. The molecule has 0 bridgehead atoms. The average molecular weight is 308 g/mol. The monoisotopic (exact) mass is 308 g/mol. The van der Waals surface area contributed by atoms with Crippen LogP contribution in [0.3, 0.4) is 0 Å². The van der Waals surface area contributed by atoms with Crippen molar-refractivity contribution in [3.63, 3.8) is 0 Å². The van der Waals surface area contributed by atoms with Gasteiger partial charge in [-0.3, -0.25) is 10.1 Å². The summed E-state index contributed by atoms with van der Waals surface area (Å²) in [7, 11) is 0. The maximum atomic E-state index is 11.0. The molecule has 1 N–H and O–H groups in total. The third-order valence-electron chi connectivity index (χ3n) is 4.63. The summed E-state index contributed by atoms with van der Waals surface area (Å²) in [4.78, 5) is 14.0. The molecule has 3 aromatic rings. The second-order valence-corrected chi connectivity index (χ2v) is 5.96. The van der Waals surface area contributed by atoms with Crippen molar-refractivity contribution >= 4 is 16.6 Å². The lowest BCUT2D eigenvalue weighted by molar-refractivity contribution is -0.385. The van der Waals surface area contributed by atoms with Crippen LogP contribution in [-0.2, 0) is 12.8 Å². The van der Waals surface area contributed by atoms with Crippen LogP contribution in [0.15, 0.2) is 42.6 Å². The van der Waals surface area contributed by atoms with E-state index >= 15 is 0 Å². The molecule has 0 spiro atoms. The first-order chi connectivity index (χ1) is 11.1. The van der Waals surface area contributed by atoms with Gasteiger partial charge in [-0.25, -0.2) is 0 Å². The third-order valence-corrected chi connectivity index (χ3v) is 4.63. The summed E-state index contributed by atoms with van der Waals surface area (Å²) in [6.07, 6.45) is 5.04. The lowest BCUT2D eigenvalue weighted by atomic mass is 9.96. The zero-order chi connectivity index (χ0) is 16.4. The van der Waals surface area contributed by atoms with Crippen LogP contribution in [0.4, 0.5) is 5.69 Å². The number of hydrogen-bond acceptors (Lipinski definition) is 2. The standard InChI is InChI=1S/C19H20N2O2/c1-13-14(2)19(21(22)23)11-10-15(13)6-5-7-16-12-20-18-9-4-3-8-17(16)18/h3-4,8-12,20H,5-7H2,1-2H3.